The highest BCUT2D eigenvalue weighted by molar-refractivity contribution is 8.03. The molecule has 0 rings (SSSR count). The van der Waals surface area contributed by atoms with Gasteiger partial charge in [0.2, 0.25) is 0 Å². The minimum atomic E-state index is 0.174. The average Bonchev–Trinajstić information content (AvgIpc) is 2.28. The monoisotopic (exact) mass is 256 g/mol. The van der Waals surface area contributed by atoms with Gasteiger partial charge in [-0.15, -0.1) is 0 Å². The summed E-state index contributed by atoms with van der Waals surface area (Å²) in [4.78, 5) is 0. The highest BCUT2D eigenvalue weighted by atomic mass is 32.2. The molecule has 0 aromatic heterocycles. The van der Waals surface area contributed by atoms with Gasteiger partial charge < -0.3 is 5.32 Å². The maximum absolute atomic E-state index is 8.45. The van der Waals surface area contributed by atoms with Gasteiger partial charge in [-0.05, 0) is 32.0 Å². The summed E-state index contributed by atoms with van der Waals surface area (Å²) >= 11 is 1.28. The highest BCUT2D eigenvalue weighted by Gasteiger charge is 2.15. The zero-order valence-electron chi connectivity index (χ0n) is 11.7. The molecule has 0 aliphatic carbocycles. The van der Waals surface area contributed by atoms with Gasteiger partial charge in [0.25, 0.3) is 0 Å². The van der Waals surface area contributed by atoms with Crippen molar-refractivity contribution < 1.29 is 0 Å². The summed E-state index contributed by atoms with van der Waals surface area (Å²) < 4.78 is 0. The van der Waals surface area contributed by atoms with Gasteiger partial charge in [-0.25, -0.2) is 0 Å². The van der Waals surface area contributed by atoms with Crippen LogP contribution in [0.5, 0.6) is 0 Å². The summed E-state index contributed by atoms with van der Waals surface area (Å²) in [7, 11) is 0. The molecule has 0 unspecified atom stereocenters. The molecule has 0 saturated carbocycles. The fourth-order valence-electron chi connectivity index (χ4n) is 1.88. The van der Waals surface area contributed by atoms with E-state index in [-0.39, 0.29) is 5.54 Å². The Kier molecular flexibility index (Phi) is 10.8. The van der Waals surface area contributed by atoms with Crippen LogP contribution in [-0.4, -0.2) is 11.4 Å². The lowest BCUT2D eigenvalue weighted by Crippen LogP contribution is -2.38. The molecule has 0 spiro atoms. The average molecular weight is 256 g/mol. The molecule has 0 aromatic carbocycles. The van der Waals surface area contributed by atoms with Crippen LogP contribution in [0.4, 0.5) is 0 Å². The number of nitrogens with zero attached hydrogens (tertiary/aromatic N) is 1. The molecule has 0 aliphatic rings. The molecule has 2 nitrogen and oxygen atoms in total. The number of thioether (sulfide) groups is 1. The van der Waals surface area contributed by atoms with E-state index in [0.29, 0.717) is 0 Å². The molecular formula is C14H28N2S. The molecular weight excluding hydrogens is 228 g/mol. The number of rotatable bonds is 11. The minimum absolute atomic E-state index is 0.174. The molecule has 0 amide bonds. The number of hydrogen-bond donors (Lipinski definition) is 1. The molecule has 0 atom stereocenters. The van der Waals surface area contributed by atoms with E-state index in [1.165, 1.54) is 63.1 Å². The molecule has 0 bridgehead atoms. The first-order chi connectivity index (χ1) is 8.12. The normalized spacial score (nSPS) is 11.4. The van der Waals surface area contributed by atoms with Gasteiger partial charge in [-0.1, -0.05) is 51.9 Å². The molecule has 100 valence electrons. The van der Waals surface area contributed by atoms with Crippen molar-refractivity contribution in [3.63, 3.8) is 0 Å². The topological polar surface area (TPSA) is 35.8 Å². The van der Waals surface area contributed by atoms with E-state index in [4.69, 9.17) is 5.26 Å². The Morgan fingerprint density at radius 1 is 1.06 bits per heavy atom. The summed E-state index contributed by atoms with van der Waals surface area (Å²) in [6, 6.07) is 0. The van der Waals surface area contributed by atoms with E-state index in [0.717, 1.165) is 5.88 Å². The van der Waals surface area contributed by atoms with Crippen LogP contribution in [0, 0.1) is 10.7 Å². The first-order valence-corrected chi connectivity index (χ1v) is 7.87. The summed E-state index contributed by atoms with van der Waals surface area (Å²) in [6.07, 6.45) is 10.7. The summed E-state index contributed by atoms with van der Waals surface area (Å²) in [6.45, 7) is 6.71. The first kappa shape index (κ1) is 16.8. The Labute approximate surface area is 112 Å². The first-order valence-electron chi connectivity index (χ1n) is 6.88. The lowest BCUT2D eigenvalue weighted by molar-refractivity contribution is 0.368. The third kappa shape index (κ3) is 12.1. The lowest BCUT2D eigenvalue weighted by atomic mass is 9.96. The van der Waals surface area contributed by atoms with Crippen molar-refractivity contribution in [2.75, 3.05) is 5.88 Å². The maximum atomic E-state index is 8.45. The Balaban J connectivity index is 3.36. The van der Waals surface area contributed by atoms with Crippen molar-refractivity contribution in [2.24, 2.45) is 0 Å². The Morgan fingerprint density at radius 3 is 2.24 bits per heavy atom. The zero-order valence-corrected chi connectivity index (χ0v) is 12.5. The van der Waals surface area contributed by atoms with Crippen molar-refractivity contribution in [3.05, 3.63) is 0 Å². The largest absolute Gasteiger partial charge is 0.302 e. The maximum Gasteiger partial charge on any atom is 0.134 e. The van der Waals surface area contributed by atoms with E-state index < -0.39 is 0 Å². The number of unbranched alkanes of at least 4 members (excludes halogenated alkanes) is 6. The Bertz CT molecular complexity index is 209. The van der Waals surface area contributed by atoms with Crippen molar-refractivity contribution in [1.29, 1.82) is 5.26 Å². The van der Waals surface area contributed by atoms with Crippen LogP contribution < -0.4 is 5.32 Å². The van der Waals surface area contributed by atoms with Gasteiger partial charge in [0.1, 0.15) is 5.40 Å². The van der Waals surface area contributed by atoms with Gasteiger partial charge in [0, 0.05) is 5.54 Å². The van der Waals surface area contributed by atoms with Crippen LogP contribution in [-0.2, 0) is 0 Å². The van der Waals surface area contributed by atoms with Gasteiger partial charge in [-0.2, -0.15) is 5.26 Å². The molecule has 0 radical (unpaired) electrons. The van der Waals surface area contributed by atoms with Crippen LogP contribution in [0.3, 0.4) is 0 Å². The van der Waals surface area contributed by atoms with Crippen molar-refractivity contribution >= 4 is 11.8 Å². The molecule has 17 heavy (non-hydrogen) atoms. The van der Waals surface area contributed by atoms with Crippen LogP contribution >= 0.6 is 11.8 Å². The predicted molar refractivity (Wildman–Crippen MR) is 77.9 cm³/mol. The minimum Gasteiger partial charge on any atom is -0.302 e. The summed E-state index contributed by atoms with van der Waals surface area (Å²) in [5.74, 6) is 0.736. The third-order valence-electron chi connectivity index (χ3n) is 3.09. The smallest absolute Gasteiger partial charge is 0.134 e. The van der Waals surface area contributed by atoms with E-state index in [1.807, 2.05) is 0 Å². The predicted octanol–water partition coefficient (Wildman–Crippen LogP) is 4.67. The summed E-state index contributed by atoms with van der Waals surface area (Å²) in [5, 5.41) is 14.0. The molecule has 0 aliphatic heterocycles. The van der Waals surface area contributed by atoms with Crippen molar-refractivity contribution in [3.8, 4) is 5.40 Å². The highest BCUT2D eigenvalue weighted by Crippen LogP contribution is 2.16. The summed E-state index contributed by atoms with van der Waals surface area (Å²) in [5.41, 5.74) is 0.174. The Hall–Kier alpha value is -0.200. The van der Waals surface area contributed by atoms with Gasteiger partial charge in [0.15, 0.2) is 0 Å². The SMILES string of the molecule is CCCCCCCCCC(C)(C)NCSC#N. The second-order valence-electron chi connectivity index (χ2n) is 5.31. The van der Waals surface area contributed by atoms with Crippen LogP contribution in [0.2, 0.25) is 0 Å². The molecule has 0 heterocycles. The Morgan fingerprint density at radius 2 is 1.65 bits per heavy atom. The fourth-order valence-corrected chi connectivity index (χ4v) is 2.40. The lowest BCUT2D eigenvalue weighted by Gasteiger charge is -2.25. The zero-order chi connectivity index (χ0) is 13.0. The molecule has 0 saturated heterocycles. The molecule has 3 heteroatoms. The van der Waals surface area contributed by atoms with Crippen LogP contribution in [0.1, 0.15) is 72.1 Å². The number of hydrogen-bond acceptors (Lipinski definition) is 3. The third-order valence-corrected chi connectivity index (χ3v) is 3.51. The second-order valence-corrected chi connectivity index (χ2v) is 6.07. The standard InChI is InChI=1S/C14H28N2S/c1-4-5-6-7-8-9-10-11-14(2,3)16-13-17-12-15/h16H,4-11,13H2,1-3H3. The van der Waals surface area contributed by atoms with E-state index in [9.17, 15) is 0 Å². The molecule has 0 aromatic rings. The van der Waals surface area contributed by atoms with Gasteiger partial charge >= 0.3 is 0 Å². The number of nitrogens with one attached hydrogen (secondary N) is 1. The van der Waals surface area contributed by atoms with Crippen LogP contribution in [0.15, 0.2) is 0 Å². The quantitative estimate of drug-likeness (QED) is 0.331. The van der Waals surface area contributed by atoms with Gasteiger partial charge in [-0.3, -0.25) is 0 Å². The second kappa shape index (κ2) is 10.9. The van der Waals surface area contributed by atoms with Crippen LogP contribution in [0.25, 0.3) is 0 Å². The van der Waals surface area contributed by atoms with E-state index in [2.05, 4.69) is 31.5 Å². The van der Waals surface area contributed by atoms with Crippen molar-refractivity contribution in [2.45, 2.75) is 77.7 Å². The van der Waals surface area contributed by atoms with Gasteiger partial charge in [0.05, 0.1) is 5.88 Å². The number of nitriles is 1. The fraction of sp³-hybridized carbons (Fsp3) is 0.929. The number of thiocyanates is 1. The van der Waals surface area contributed by atoms with E-state index >= 15 is 0 Å². The van der Waals surface area contributed by atoms with Crippen molar-refractivity contribution in [1.82, 2.24) is 5.32 Å². The van der Waals surface area contributed by atoms with E-state index in [1.54, 1.807) is 0 Å². The molecule has 1 N–H and O–H groups in total. The molecule has 0 fully saturated rings.